The number of hydrogen-bond acceptors (Lipinski definition) is 4. The number of hydrogen-bond donors (Lipinski definition) is 2. The normalized spacial score (nSPS) is 13.8. The van der Waals surface area contributed by atoms with Gasteiger partial charge >= 0.3 is 0 Å². The van der Waals surface area contributed by atoms with Gasteiger partial charge in [0.05, 0.1) is 6.61 Å². The van der Waals surface area contributed by atoms with Gasteiger partial charge in [0.1, 0.15) is 10.0 Å². The first-order valence-electron chi connectivity index (χ1n) is 5.70. The highest BCUT2D eigenvalue weighted by molar-refractivity contribution is 9.10. The van der Waals surface area contributed by atoms with E-state index in [0.29, 0.717) is 10.9 Å². The summed E-state index contributed by atoms with van der Waals surface area (Å²) in [7, 11) is -3.80. The number of aliphatic hydroxyl groups excluding tert-OH is 1. The molecule has 108 valence electrons. The first-order valence-corrected chi connectivity index (χ1v) is 8.36. The molecular formula is C11H16BrClN2O3S. The molecule has 0 aromatic carbocycles. The van der Waals surface area contributed by atoms with E-state index in [-0.39, 0.29) is 22.6 Å². The van der Waals surface area contributed by atoms with Crippen molar-refractivity contribution < 1.29 is 13.5 Å². The van der Waals surface area contributed by atoms with Gasteiger partial charge in [0.15, 0.2) is 0 Å². The molecular weight excluding hydrogens is 356 g/mol. The molecule has 0 fully saturated rings. The number of halogens is 2. The SMILES string of the molecule is CC(C)CC(CO)NS(=O)(=O)c1cc(Br)cnc1Cl. The van der Waals surface area contributed by atoms with E-state index in [4.69, 9.17) is 11.6 Å². The van der Waals surface area contributed by atoms with E-state index < -0.39 is 16.1 Å². The van der Waals surface area contributed by atoms with Crippen molar-refractivity contribution in [1.29, 1.82) is 0 Å². The van der Waals surface area contributed by atoms with Crippen LogP contribution < -0.4 is 4.72 Å². The minimum atomic E-state index is -3.80. The van der Waals surface area contributed by atoms with Crippen molar-refractivity contribution in [2.45, 2.75) is 31.2 Å². The van der Waals surface area contributed by atoms with Gasteiger partial charge in [0, 0.05) is 16.7 Å². The lowest BCUT2D eigenvalue weighted by Gasteiger charge is -2.18. The van der Waals surface area contributed by atoms with E-state index in [2.05, 4.69) is 25.6 Å². The second-order valence-corrected chi connectivity index (χ2v) is 7.53. The van der Waals surface area contributed by atoms with E-state index >= 15 is 0 Å². The Balaban J connectivity index is 3.00. The van der Waals surface area contributed by atoms with Gasteiger partial charge in [-0.15, -0.1) is 0 Å². The summed E-state index contributed by atoms with van der Waals surface area (Å²) in [4.78, 5) is 3.67. The van der Waals surface area contributed by atoms with Crippen molar-refractivity contribution in [3.05, 3.63) is 21.9 Å². The minimum Gasteiger partial charge on any atom is -0.395 e. The van der Waals surface area contributed by atoms with E-state index in [9.17, 15) is 13.5 Å². The second kappa shape index (κ2) is 6.99. The molecule has 19 heavy (non-hydrogen) atoms. The molecule has 1 aromatic rings. The maximum absolute atomic E-state index is 12.2. The average Bonchev–Trinajstić information content (AvgIpc) is 2.30. The van der Waals surface area contributed by atoms with Crippen molar-refractivity contribution >= 4 is 37.6 Å². The second-order valence-electron chi connectivity index (χ2n) is 4.57. The Morgan fingerprint density at radius 3 is 2.68 bits per heavy atom. The Morgan fingerprint density at radius 2 is 2.16 bits per heavy atom. The Labute approximate surface area is 126 Å². The summed E-state index contributed by atoms with van der Waals surface area (Å²) in [5.41, 5.74) is 0. The fourth-order valence-electron chi connectivity index (χ4n) is 1.60. The highest BCUT2D eigenvalue weighted by Gasteiger charge is 2.23. The third kappa shape index (κ3) is 5.00. The lowest BCUT2D eigenvalue weighted by Crippen LogP contribution is -2.38. The van der Waals surface area contributed by atoms with Crippen LogP contribution >= 0.6 is 27.5 Å². The molecule has 1 rings (SSSR count). The maximum Gasteiger partial charge on any atom is 0.244 e. The van der Waals surface area contributed by atoms with Crippen LogP contribution in [0.1, 0.15) is 20.3 Å². The smallest absolute Gasteiger partial charge is 0.244 e. The van der Waals surface area contributed by atoms with Crippen molar-refractivity contribution in [2.24, 2.45) is 5.92 Å². The molecule has 2 N–H and O–H groups in total. The molecule has 0 aliphatic rings. The van der Waals surface area contributed by atoms with Crippen molar-refractivity contribution in [1.82, 2.24) is 9.71 Å². The zero-order chi connectivity index (χ0) is 14.6. The summed E-state index contributed by atoms with van der Waals surface area (Å²) in [6.07, 6.45) is 1.95. The van der Waals surface area contributed by atoms with E-state index in [1.54, 1.807) is 0 Å². The van der Waals surface area contributed by atoms with Crippen LogP contribution in [0.4, 0.5) is 0 Å². The number of pyridine rings is 1. The van der Waals surface area contributed by atoms with Gasteiger partial charge in [0.25, 0.3) is 0 Å². The summed E-state index contributed by atoms with van der Waals surface area (Å²) in [6.45, 7) is 3.63. The molecule has 1 heterocycles. The van der Waals surface area contributed by atoms with Gasteiger partial charge in [-0.05, 0) is 34.3 Å². The van der Waals surface area contributed by atoms with Gasteiger partial charge in [-0.2, -0.15) is 0 Å². The van der Waals surface area contributed by atoms with E-state index in [0.717, 1.165) is 0 Å². The van der Waals surface area contributed by atoms with Crippen molar-refractivity contribution in [3.8, 4) is 0 Å². The number of nitrogens with zero attached hydrogens (tertiary/aromatic N) is 1. The number of nitrogens with one attached hydrogen (secondary N) is 1. The Bertz CT molecular complexity index is 537. The van der Waals surface area contributed by atoms with Gasteiger partial charge in [-0.1, -0.05) is 25.4 Å². The molecule has 0 radical (unpaired) electrons. The van der Waals surface area contributed by atoms with Crippen LogP contribution in [-0.4, -0.2) is 31.2 Å². The number of aliphatic hydroxyl groups is 1. The summed E-state index contributed by atoms with van der Waals surface area (Å²) in [5, 5.41) is 9.12. The number of rotatable bonds is 6. The Morgan fingerprint density at radius 1 is 1.53 bits per heavy atom. The van der Waals surface area contributed by atoms with Crippen molar-refractivity contribution in [3.63, 3.8) is 0 Å². The molecule has 1 atom stereocenters. The molecule has 0 saturated carbocycles. The third-order valence-corrected chi connectivity index (χ3v) is 4.74. The predicted molar refractivity (Wildman–Crippen MR) is 77.6 cm³/mol. The highest BCUT2D eigenvalue weighted by atomic mass is 79.9. The van der Waals surface area contributed by atoms with E-state index in [1.165, 1.54) is 12.3 Å². The molecule has 0 bridgehead atoms. The van der Waals surface area contributed by atoms with Crippen LogP contribution in [0.2, 0.25) is 5.15 Å². The zero-order valence-corrected chi connectivity index (χ0v) is 13.8. The standard InChI is InChI=1S/C11H16BrClN2O3S/c1-7(2)3-9(6-16)15-19(17,18)10-4-8(12)5-14-11(10)13/h4-5,7,9,15-16H,3,6H2,1-2H3. The summed E-state index contributed by atoms with van der Waals surface area (Å²) in [5.74, 6) is 0.260. The molecule has 0 amide bonds. The maximum atomic E-state index is 12.2. The lowest BCUT2D eigenvalue weighted by atomic mass is 10.1. The highest BCUT2D eigenvalue weighted by Crippen LogP contribution is 2.23. The first-order chi connectivity index (χ1) is 8.76. The first kappa shape index (κ1) is 16.8. The van der Waals surface area contributed by atoms with Crippen molar-refractivity contribution in [2.75, 3.05) is 6.61 Å². The van der Waals surface area contributed by atoms with Crippen LogP contribution in [0.5, 0.6) is 0 Å². The van der Waals surface area contributed by atoms with Crippen LogP contribution in [0, 0.1) is 5.92 Å². The van der Waals surface area contributed by atoms with Crippen LogP contribution in [0.25, 0.3) is 0 Å². The molecule has 5 nitrogen and oxygen atoms in total. The predicted octanol–water partition coefficient (Wildman–Crippen LogP) is 2.18. The van der Waals surface area contributed by atoms with Crippen LogP contribution in [0.15, 0.2) is 21.6 Å². The summed E-state index contributed by atoms with van der Waals surface area (Å²) < 4.78 is 27.3. The molecule has 0 spiro atoms. The molecule has 8 heteroatoms. The minimum absolute atomic E-state index is 0.100. The average molecular weight is 372 g/mol. The number of aromatic nitrogens is 1. The fourth-order valence-corrected chi connectivity index (χ4v) is 3.79. The topological polar surface area (TPSA) is 79.3 Å². The largest absolute Gasteiger partial charge is 0.395 e. The summed E-state index contributed by atoms with van der Waals surface area (Å²) >= 11 is 8.95. The van der Waals surface area contributed by atoms with Gasteiger partial charge in [-0.25, -0.2) is 18.1 Å². The quantitative estimate of drug-likeness (QED) is 0.751. The molecule has 0 saturated heterocycles. The molecule has 1 aromatic heterocycles. The Kier molecular flexibility index (Phi) is 6.19. The Hall–Kier alpha value is -0.210. The van der Waals surface area contributed by atoms with Gasteiger partial charge < -0.3 is 5.11 Å². The molecule has 0 aliphatic carbocycles. The molecule has 0 aliphatic heterocycles. The number of sulfonamides is 1. The monoisotopic (exact) mass is 370 g/mol. The fraction of sp³-hybridized carbons (Fsp3) is 0.545. The zero-order valence-electron chi connectivity index (χ0n) is 10.6. The lowest BCUT2D eigenvalue weighted by molar-refractivity contribution is 0.240. The van der Waals surface area contributed by atoms with E-state index in [1.807, 2.05) is 13.8 Å². The summed E-state index contributed by atoms with van der Waals surface area (Å²) in [6, 6.07) is 0.835. The van der Waals surface area contributed by atoms with Crippen LogP contribution in [0.3, 0.4) is 0 Å². The third-order valence-electron chi connectivity index (χ3n) is 2.36. The van der Waals surface area contributed by atoms with Crippen LogP contribution in [-0.2, 0) is 10.0 Å². The molecule has 1 unspecified atom stereocenters. The van der Waals surface area contributed by atoms with Gasteiger partial charge in [0.2, 0.25) is 10.0 Å². The van der Waals surface area contributed by atoms with Gasteiger partial charge in [-0.3, -0.25) is 0 Å².